The van der Waals surface area contributed by atoms with Gasteiger partial charge in [-0.1, -0.05) is 24.3 Å². The van der Waals surface area contributed by atoms with Crippen molar-refractivity contribution in [3.05, 3.63) is 35.4 Å². The third-order valence-corrected chi connectivity index (χ3v) is 4.44. The zero-order valence-corrected chi connectivity index (χ0v) is 13.8. The van der Waals surface area contributed by atoms with E-state index in [9.17, 15) is 9.59 Å². The van der Waals surface area contributed by atoms with Crippen molar-refractivity contribution >= 4 is 11.9 Å². The molecule has 1 heterocycles. The van der Waals surface area contributed by atoms with Crippen LogP contribution in [0.5, 0.6) is 0 Å². The molecule has 2 atom stereocenters. The maximum absolute atomic E-state index is 12.6. The van der Waals surface area contributed by atoms with Crippen LogP contribution in [-0.4, -0.2) is 43.0 Å². The first-order chi connectivity index (χ1) is 11.0. The topological polar surface area (TPSA) is 87.5 Å². The van der Waals surface area contributed by atoms with Crippen LogP contribution in [0.1, 0.15) is 36.4 Å². The van der Waals surface area contributed by atoms with Gasteiger partial charge in [0.05, 0.1) is 12.5 Å². The monoisotopic (exact) mass is 318 g/mol. The maximum atomic E-state index is 12.6. The van der Waals surface area contributed by atoms with E-state index in [1.54, 1.807) is 0 Å². The van der Waals surface area contributed by atoms with Gasteiger partial charge in [0, 0.05) is 19.1 Å². The Labute approximate surface area is 137 Å². The highest BCUT2D eigenvalue weighted by atomic mass is 16.2. The molecule has 0 aliphatic carbocycles. The number of carbonyl (C=O) groups is 2. The lowest BCUT2D eigenvalue weighted by molar-refractivity contribution is -0.133. The van der Waals surface area contributed by atoms with Crippen LogP contribution >= 0.6 is 0 Å². The van der Waals surface area contributed by atoms with Gasteiger partial charge in [-0.25, -0.2) is 4.79 Å². The molecule has 3 amide bonds. The van der Waals surface area contributed by atoms with Gasteiger partial charge in [0.2, 0.25) is 5.91 Å². The average Bonchev–Trinajstić information content (AvgIpc) is 2.54. The second kappa shape index (κ2) is 7.97. The normalized spacial score (nSPS) is 19.2. The van der Waals surface area contributed by atoms with Crippen molar-refractivity contribution in [1.29, 1.82) is 0 Å². The van der Waals surface area contributed by atoms with E-state index in [0.717, 1.165) is 30.5 Å². The lowest BCUT2D eigenvalue weighted by Gasteiger charge is -2.33. The molecule has 0 aromatic heterocycles. The molecule has 126 valence electrons. The summed E-state index contributed by atoms with van der Waals surface area (Å²) in [7, 11) is 1.92. The Bertz CT molecular complexity index is 561. The van der Waals surface area contributed by atoms with Gasteiger partial charge in [-0.2, -0.15) is 0 Å². The fourth-order valence-corrected chi connectivity index (χ4v) is 3.13. The lowest BCUT2D eigenvalue weighted by atomic mass is 9.97. The fourth-order valence-electron chi connectivity index (χ4n) is 3.13. The van der Waals surface area contributed by atoms with E-state index in [1.165, 1.54) is 0 Å². The molecule has 1 aromatic carbocycles. The molecule has 2 unspecified atom stereocenters. The van der Waals surface area contributed by atoms with E-state index < -0.39 is 12.1 Å². The standard InChI is InChI=1S/C17H26N4O2/c1-12-6-3-4-8-14(12)15(20-17(18)23)10-16(22)21-9-5-7-13(11-21)19-2/h3-4,6,8,13,15,19H,5,7,9-11H2,1-2H3,(H3,18,20,23). The Balaban J connectivity index is 2.10. The smallest absolute Gasteiger partial charge is 0.312 e. The molecule has 1 aliphatic rings. The average molecular weight is 318 g/mol. The van der Waals surface area contributed by atoms with Gasteiger partial charge in [0.1, 0.15) is 0 Å². The van der Waals surface area contributed by atoms with Crippen molar-refractivity contribution in [3.63, 3.8) is 0 Å². The minimum absolute atomic E-state index is 0.0481. The highest BCUT2D eigenvalue weighted by molar-refractivity contribution is 5.79. The summed E-state index contributed by atoms with van der Waals surface area (Å²) < 4.78 is 0. The lowest BCUT2D eigenvalue weighted by Crippen LogP contribution is -2.48. The van der Waals surface area contributed by atoms with Crippen molar-refractivity contribution in [2.75, 3.05) is 20.1 Å². The first kappa shape index (κ1) is 17.3. The van der Waals surface area contributed by atoms with Crippen LogP contribution in [-0.2, 0) is 4.79 Å². The van der Waals surface area contributed by atoms with Crippen LogP contribution in [0.15, 0.2) is 24.3 Å². The summed E-state index contributed by atoms with van der Waals surface area (Å²) in [4.78, 5) is 25.8. The molecule has 0 spiro atoms. The molecule has 0 bridgehead atoms. The summed E-state index contributed by atoms with van der Waals surface area (Å²) in [5.74, 6) is 0.0481. The van der Waals surface area contributed by atoms with Crippen molar-refractivity contribution in [2.45, 2.75) is 38.3 Å². The Hall–Kier alpha value is -2.08. The second-order valence-corrected chi connectivity index (χ2v) is 6.09. The minimum Gasteiger partial charge on any atom is -0.352 e. The molecule has 2 rings (SSSR count). The van der Waals surface area contributed by atoms with Crippen molar-refractivity contribution in [2.24, 2.45) is 5.73 Å². The zero-order chi connectivity index (χ0) is 16.8. The predicted octanol–water partition coefficient (Wildman–Crippen LogP) is 1.30. The molecule has 1 fully saturated rings. The number of nitrogens with one attached hydrogen (secondary N) is 2. The van der Waals surface area contributed by atoms with E-state index in [4.69, 9.17) is 5.73 Å². The Morgan fingerprint density at radius 3 is 2.78 bits per heavy atom. The number of amides is 3. The predicted molar refractivity (Wildman–Crippen MR) is 89.9 cm³/mol. The summed E-state index contributed by atoms with van der Waals surface area (Å²) in [5.41, 5.74) is 7.26. The van der Waals surface area contributed by atoms with Gasteiger partial charge in [0.25, 0.3) is 0 Å². The number of aryl methyl sites for hydroxylation is 1. The number of carbonyl (C=O) groups excluding carboxylic acids is 2. The van der Waals surface area contributed by atoms with Crippen LogP contribution < -0.4 is 16.4 Å². The molecule has 1 saturated heterocycles. The van der Waals surface area contributed by atoms with Crippen molar-refractivity contribution in [3.8, 4) is 0 Å². The van der Waals surface area contributed by atoms with Gasteiger partial charge < -0.3 is 21.3 Å². The number of rotatable bonds is 5. The van der Waals surface area contributed by atoms with E-state index >= 15 is 0 Å². The summed E-state index contributed by atoms with van der Waals surface area (Å²) in [6, 6.07) is 7.07. The first-order valence-electron chi connectivity index (χ1n) is 8.07. The second-order valence-electron chi connectivity index (χ2n) is 6.09. The molecule has 0 radical (unpaired) electrons. The van der Waals surface area contributed by atoms with Crippen LogP contribution in [0, 0.1) is 6.92 Å². The fraction of sp³-hybridized carbons (Fsp3) is 0.529. The number of urea groups is 1. The van der Waals surface area contributed by atoms with Gasteiger partial charge >= 0.3 is 6.03 Å². The Kier molecular flexibility index (Phi) is 5.98. The summed E-state index contributed by atoms with van der Waals surface area (Å²) >= 11 is 0. The summed E-state index contributed by atoms with van der Waals surface area (Å²) in [5, 5.41) is 5.94. The van der Waals surface area contributed by atoms with Crippen molar-refractivity contribution < 1.29 is 9.59 Å². The molecular formula is C17H26N4O2. The van der Waals surface area contributed by atoms with Gasteiger partial charge in [-0.05, 0) is 37.9 Å². The third-order valence-electron chi connectivity index (χ3n) is 4.44. The molecule has 6 nitrogen and oxygen atoms in total. The molecule has 1 aromatic rings. The Morgan fingerprint density at radius 2 is 2.13 bits per heavy atom. The van der Waals surface area contributed by atoms with Crippen LogP contribution in [0.25, 0.3) is 0 Å². The number of primary amides is 1. The van der Waals surface area contributed by atoms with Crippen LogP contribution in [0.3, 0.4) is 0 Å². The Morgan fingerprint density at radius 1 is 1.39 bits per heavy atom. The first-order valence-corrected chi connectivity index (χ1v) is 8.07. The number of likely N-dealkylation sites (tertiary alicyclic amines) is 1. The van der Waals surface area contributed by atoms with E-state index in [0.29, 0.717) is 12.6 Å². The number of hydrogen-bond donors (Lipinski definition) is 3. The van der Waals surface area contributed by atoms with Crippen molar-refractivity contribution in [1.82, 2.24) is 15.5 Å². The molecule has 6 heteroatoms. The molecule has 1 aliphatic heterocycles. The molecule has 0 saturated carbocycles. The third kappa shape index (κ3) is 4.69. The molecular weight excluding hydrogens is 292 g/mol. The zero-order valence-electron chi connectivity index (χ0n) is 13.8. The maximum Gasteiger partial charge on any atom is 0.312 e. The van der Waals surface area contributed by atoms with E-state index in [2.05, 4.69) is 10.6 Å². The molecule has 4 N–H and O–H groups in total. The number of hydrogen-bond acceptors (Lipinski definition) is 3. The quantitative estimate of drug-likeness (QED) is 0.765. The molecule has 23 heavy (non-hydrogen) atoms. The van der Waals surface area contributed by atoms with Crippen LogP contribution in [0.4, 0.5) is 4.79 Å². The van der Waals surface area contributed by atoms with E-state index in [1.807, 2.05) is 43.1 Å². The summed E-state index contributed by atoms with van der Waals surface area (Å²) in [6.07, 6.45) is 2.31. The SMILES string of the molecule is CNC1CCCN(C(=O)CC(NC(N)=O)c2ccccc2C)C1. The number of likely N-dealkylation sites (N-methyl/N-ethyl adjacent to an activating group) is 1. The number of piperidine rings is 1. The van der Waals surface area contributed by atoms with Crippen LogP contribution in [0.2, 0.25) is 0 Å². The highest BCUT2D eigenvalue weighted by Crippen LogP contribution is 2.22. The van der Waals surface area contributed by atoms with Gasteiger partial charge in [-0.15, -0.1) is 0 Å². The van der Waals surface area contributed by atoms with E-state index in [-0.39, 0.29) is 12.3 Å². The largest absolute Gasteiger partial charge is 0.352 e. The number of benzene rings is 1. The highest BCUT2D eigenvalue weighted by Gasteiger charge is 2.26. The minimum atomic E-state index is -0.613. The number of nitrogens with two attached hydrogens (primary N) is 1. The number of nitrogens with zero attached hydrogens (tertiary/aromatic N) is 1. The summed E-state index contributed by atoms with van der Waals surface area (Å²) in [6.45, 7) is 3.45. The van der Waals surface area contributed by atoms with Gasteiger partial charge in [-0.3, -0.25) is 4.79 Å². The van der Waals surface area contributed by atoms with Gasteiger partial charge in [0.15, 0.2) is 0 Å².